The second-order valence-electron chi connectivity index (χ2n) is 5.81. The zero-order chi connectivity index (χ0) is 16.9. The summed E-state index contributed by atoms with van der Waals surface area (Å²) in [6.45, 7) is 3.59. The maximum atomic E-state index is 12.2. The van der Waals surface area contributed by atoms with Crippen molar-refractivity contribution in [2.75, 3.05) is 42.9 Å². The van der Waals surface area contributed by atoms with Crippen LogP contribution >= 0.6 is 22.6 Å². The van der Waals surface area contributed by atoms with E-state index >= 15 is 0 Å². The number of para-hydroxylation sites is 2. The van der Waals surface area contributed by atoms with Gasteiger partial charge in [-0.1, -0.05) is 12.1 Å². The Balaban J connectivity index is 1.49. The van der Waals surface area contributed by atoms with Crippen molar-refractivity contribution in [2.24, 2.45) is 0 Å². The SMILES string of the molecule is O=C(CN1CCN(c2ccccc2O)CC1)Nc1ccc(I)cc1. The van der Waals surface area contributed by atoms with E-state index in [0.717, 1.165) is 41.1 Å². The number of phenolic OH excluding ortho intramolecular Hbond substituents is 1. The summed E-state index contributed by atoms with van der Waals surface area (Å²) >= 11 is 2.24. The standard InChI is InChI=1S/C18H20IN3O2/c19-14-5-7-15(8-6-14)20-18(24)13-21-9-11-22(12-10-21)16-3-1-2-4-17(16)23/h1-8,23H,9-13H2,(H,20,24). The number of piperazine rings is 1. The maximum Gasteiger partial charge on any atom is 0.238 e. The van der Waals surface area contributed by atoms with Gasteiger partial charge in [0, 0.05) is 35.4 Å². The highest BCUT2D eigenvalue weighted by Crippen LogP contribution is 2.27. The van der Waals surface area contributed by atoms with Gasteiger partial charge >= 0.3 is 0 Å². The fraction of sp³-hybridized carbons (Fsp3) is 0.278. The van der Waals surface area contributed by atoms with Gasteiger partial charge in [-0.05, 0) is 59.0 Å². The number of anilines is 2. The van der Waals surface area contributed by atoms with E-state index < -0.39 is 0 Å². The summed E-state index contributed by atoms with van der Waals surface area (Å²) in [4.78, 5) is 16.5. The van der Waals surface area contributed by atoms with Crippen molar-refractivity contribution in [3.8, 4) is 5.75 Å². The lowest BCUT2D eigenvalue weighted by molar-refractivity contribution is -0.117. The molecule has 1 heterocycles. The number of aromatic hydroxyl groups is 1. The van der Waals surface area contributed by atoms with Gasteiger partial charge in [0.25, 0.3) is 0 Å². The first-order valence-electron chi connectivity index (χ1n) is 7.92. The van der Waals surface area contributed by atoms with Gasteiger partial charge in [-0.15, -0.1) is 0 Å². The minimum atomic E-state index is 0.00668. The van der Waals surface area contributed by atoms with Crippen molar-refractivity contribution in [1.82, 2.24) is 4.90 Å². The molecule has 6 heteroatoms. The fourth-order valence-electron chi connectivity index (χ4n) is 2.82. The number of halogens is 1. The third-order valence-corrected chi connectivity index (χ3v) is 4.81. The Morgan fingerprint density at radius 1 is 1.04 bits per heavy atom. The van der Waals surface area contributed by atoms with Crippen LogP contribution in [0.2, 0.25) is 0 Å². The fourth-order valence-corrected chi connectivity index (χ4v) is 3.17. The van der Waals surface area contributed by atoms with Gasteiger partial charge in [0.05, 0.1) is 12.2 Å². The van der Waals surface area contributed by atoms with E-state index in [9.17, 15) is 9.90 Å². The third kappa shape index (κ3) is 4.39. The molecule has 0 aromatic heterocycles. The predicted octanol–water partition coefficient (Wildman–Crippen LogP) is 2.76. The average molecular weight is 437 g/mol. The van der Waals surface area contributed by atoms with Crippen LogP contribution in [0.15, 0.2) is 48.5 Å². The lowest BCUT2D eigenvalue weighted by atomic mass is 10.2. The van der Waals surface area contributed by atoms with Crippen molar-refractivity contribution >= 4 is 39.9 Å². The predicted molar refractivity (Wildman–Crippen MR) is 105 cm³/mol. The number of hydrogen-bond acceptors (Lipinski definition) is 4. The van der Waals surface area contributed by atoms with Gasteiger partial charge in [-0.3, -0.25) is 9.69 Å². The smallest absolute Gasteiger partial charge is 0.238 e. The van der Waals surface area contributed by atoms with E-state index in [2.05, 4.69) is 37.7 Å². The Labute approximate surface area is 155 Å². The molecule has 0 aliphatic carbocycles. The molecule has 0 bridgehead atoms. The molecule has 126 valence electrons. The molecule has 1 amide bonds. The molecule has 1 aliphatic heterocycles. The highest BCUT2D eigenvalue weighted by atomic mass is 127. The molecule has 0 radical (unpaired) electrons. The van der Waals surface area contributed by atoms with Crippen molar-refractivity contribution in [3.05, 3.63) is 52.1 Å². The van der Waals surface area contributed by atoms with Gasteiger partial charge in [-0.25, -0.2) is 0 Å². The largest absolute Gasteiger partial charge is 0.506 e. The molecule has 0 atom stereocenters. The van der Waals surface area contributed by atoms with Crippen molar-refractivity contribution in [2.45, 2.75) is 0 Å². The van der Waals surface area contributed by atoms with Crippen LogP contribution in [0.4, 0.5) is 11.4 Å². The number of hydrogen-bond donors (Lipinski definition) is 2. The van der Waals surface area contributed by atoms with Gasteiger partial charge < -0.3 is 15.3 Å². The molecular formula is C18H20IN3O2. The zero-order valence-corrected chi connectivity index (χ0v) is 15.4. The first kappa shape index (κ1) is 17.0. The minimum Gasteiger partial charge on any atom is -0.506 e. The number of amides is 1. The maximum absolute atomic E-state index is 12.2. The van der Waals surface area contributed by atoms with E-state index in [0.29, 0.717) is 12.3 Å². The van der Waals surface area contributed by atoms with E-state index in [-0.39, 0.29) is 5.91 Å². The van der Waals surface area contributed by atoms with Gasteiger partial charge in [0.1, 0.15) is 5.75 Å². The Morgan fingerprint density at radius 2 is 1.71 bits per heavy atom. The van der Waals surface area contributed by atoms with E-state index in [1.54, 1.807) is 6.07 Å². The number of carbonyl (C=O) groups excluding carboxylic acids is 1. The molecule has 2 aromatic rings. The van der Waals surface area contributed by atoms with Crippen LogP contribution in [0, 0.1) is 3.57 Å². The molecule has 0 spiro atoms. The molecule has 1 aliphatic rings. The molecule has 2 N–H and O–H groups in total. The number of carbonyl (C=O) groups is 1. The lowest BCUT2D eigenvalue weighted by Gasteiger charge is -2.35. The number of nitrogens with zero attached hydrogens (tertiary/aromatic N) is 2. The Bertz CT molecular complexity index is 698. The highest BCUT2D eigenvalue weighted by Gasteiger charge is 2.20. The summed E-state index contributed by atoms with van der Waals surface area (Å²) in [7, 11) is 0. The normalized spacial score (nSPS) is 15.3. The van der Waals surface area contributed by atoms with Crippen molar-refractivity contribution in [1.29, 1.82) is 0 Å². The van der Waals surface area contributed by atoms with Crippen LogP contribution in [0.5, 0.6) is 5.75 Å². The summed E-state index contributed by atoms with van der Waals surface area (Å²) in [5.74, 6) is 0.314. The minimum absolute atomic E-state index is 0.00668. The lowest BCUT2D eigenvalue weighted by Crippen LogP contribution is -2.48. The molecule has 2 aromatic carbocycles. The molecular weight excluding hydrogens is 417 g/mol. The first-order valence-corrected chi connectivity index (χ1v) is 9.00. The highest BCUT2D eigenvalue weighted by molar-refractivity contribution is 14.1. The third-order valence-electron chi connectivity index (χ3n) is 4.09. The van der Waals surface area contributed by atoms with Crippen LogP contribution in [0.25, 0.3) is 0 Å². The topological polar surface area (TPSA) is 55.8 Å². The quantitative estimate of drug-likeness (QED) is 0.723. The molecule has 3 rings (SSSR count). The van der Waals surface area contributed by atoms with Crippen LogP contribution in [0.3, 0.4) is 0 Å². The zero-order valence-electron chi connectivity index (χ0n) is 13.3. The number of rotatable bonds is 4. The molecule has 1 fully saturated rings. The molecule has 0 unspecified atom stereocenters. The van der Waals surface area contributed by atoms with E-state index in [4.69, 9.17) is 0 Å². The molecule has 24 heavy (non-hydrogen) atoms. The average Bonchev–Trinajstić information content (AvgIpc) is 2.58. The molecule has 1 saturated heterocycles. The van der Waals surface area contributed by atoms with Crippen molar-refractivity contribution in [3.63, 3.8) is 0 Å². The second kappa shape index (κ2) is 7.85. The van der Waals surface area contributed by atoms with E-state index in [1.165, 1.54) is 0 Å². The summed E-state index contributed by atoms with van der Waals surface area (Å²) in [6, 6.07) is 15.2. The van der Waals surface area contributed by atoms with Crippen LogP contribution in [-0.2, 0) is 4.79 Å². The summed E-state index contributed by atoms with van der Waals surface area (Å²) < 4.78 is 1.14. The van der Waals surface area contributed by atoms with Gasteiger partial charge in [-0.2, -0.15) is 0 Å². The summed E-state index contributed by atoms with van der Waals surface area (Å²) in [5, 5.41) is 12.9. The van der Waals surface area contributed by atoms with Gasteiger partial charge in [0.15, 0.2) is 0 Å². The monoisotopic (exact) mass is 437 g/mol. The van der Waals surface area contributed by atoms with Crippen LogP contribution < -0.4 is 10.2 Å². The number of benzene rings is 2. The van der Waals surface area contributed by atoms with Crippen LogP contribution in [0.1, 0.15) is 0 Å². The van der Waals surface area contributed by atoms with Crippen molar-refractivity contribution < 1.29 is 9.90 Å². The molecule has 5 nitrogen and oxygen atoms in total. The summed E-state index contributed by atoms with van der Waals surface area (Å²) in [6.07, 6.45) is 0. The Hall–Kier alpha value is -1.80. The molecule has 0 saturated carbocycles. The van der Waals surface area contributed by atoms with Crippen LogP contribution in [-0.4, -0.2) is 48.6 Å². The first-order chi connectivity index (χ1) is 11.6. The Morgan fingerprint density at radius 3 is 2.38 bits per heavy atom. The summed E-state index contributed by atoms with van der Waals surface area (Å²) in [5.41, 5.74) is 1.69. The number of nitrogens with one attached hydrogen (secondary N) is 1. The second-order valence-corrected chi connectivity index (χ2v) is 7.05. The Kier molecular flexibility index (Phi) is 5.57. The van der Waals surface area contributed by atoms with E-state index in [1.807, 2.05) is 42.5 Å². The number of phenols is 1. The van der Waals surface area contributed by atoms with Gasteiger partial charge in [0.2, 0.25) is 5.91 Å².